The fourth-order valence-electron chi connectivity index (χ4n) is 0.981. The molecule has 1 fully saturated rings. The Morgan fingerprint density at radius 1 is 1.23 bits per heavy atom. The van der Waals surface area contributed by atoms with Crippen molar-refractivity contribution in [1.82, 2.24) is 0 Å². The first kappa shape index (κ1) is 10.5. The largest absolute Gasteiger partial charge is 0.237 e. The number of rotatable bonds is 3. The van der Waals surface area contributed by atoms with Crippen LogP contribution in [0.2, 0.25) is 0 Å². The van der Waals surface area contributed by atoms with Crippen LogP contribution in [0, 0.1) is 0 Å². The van der Waals surface area contributed by atoms with Crippen LogP contribution in [0.4, 0.5) is 0 Å². The Labute approximate surface area is 84.3 Å². The maximum absolute atomic E-state index is 10.0. The van der Waals surface area contributed by atoms with Crippen LogP contribution in [0.15, 0.2) is 9.98 Å². The smallest absolute Gasteiger partial charge is 0.211 e. The second-order valence-corrected chi connectivity index (χ2v) is 4.84. The van der Waals surface area contributed by atoms with E-state index in [1.54, 1.807) is 23.5 Å². The summed E-state index contributed by atoms with van der Waals surface area (Å²) in [7, 11) is 0. The lowest BCUT2D eigenvalue weighted by atomic mass is 10.4. The number of hydrogen-bond acceptors (Lipinski definition) is 6. The van der Waals surface area contributed by atoms with Crippen molar-refractivity contribution in [2.75, 3.05) is 17.3 Å². The summed E-state index contributed by atoms with van der Waals surface area (Å²) in [5.74, 6) is 2.98. The van der Waals surface area contributed by atoms with Crippen molar-refractivity contribution in [3.63, 3.8) is 0 Å². The average molecular weight is 216 g/mol. The zero-order chi connectivity index (χ0) is 9.52. The van der Waals surface area contributed by atoms with Crippen LogP contribution >= 0.6 is 23.5 Å². The molecule has 0 aliphatic carbocycles. The summed E-state index contributed by atoms with van der Waals surface area (Å²) < 4.78 is 0. The second kappa shape index (κ2) is 6.00. The van der Waals surface area contributed by atoms with E-state index in [-0.39, 0.29) is 5.25 Å². The van der Waals surface area contributed by atoms with Gasteiger partial charge in [0.2, 0.25) is 12.2 Å². The Hall–Kier alpha value is -0.540. The van der Waals surface area contributed by atoms with E-state index in [0.29, 0.717) is 0 Å². The van der Waals surface area contributed by atoms with E-state index in [9.17, 15) is 9.59 Å². The zero-order valence-electron chi connectivity index (χ0n) is 6.80. The van der Waals surface area contributed by atoms with E-state index in [4.69, 9.17) is 0 Å². The number of aliphatic imine (C=N–C) groups is 2. The van der Waals surface area contributed by atoms with Gasteiger partial charge in [0, 0.05) is 17.3 Å². The van der Waals surface area contributed by atoms with Gasteiger partial charge in [-0.15, -0.1) is 0 Å². The molecular weight excluding hydrogens is 208 g/mol. The number of nitrogens with zero attached hydrogens (tertiary/aromatic N) is 2. The summed E-state index contributed by atoms with van der Waals surface area (Å²) in [6.45, 7) is 0. The molecule has 1 heterocycles. The monoisotopic (exact) mass is 216 g/mol. The van der Waals surface area contributed by atoms with Gasteiger partial charge in [0.05, 0.1) is 5.25 Å². The van der Waals surface area contributed by atoms with E-state index < -0.39 is 6.17 Å². The predicted molar refractivity (Wildman–Crippen MR) is 53.6 cm³/mol. The molecule has 0 bridgehead atoms. The molecule has 0 amide bonds. The molecule has 0 radical (unpaired) electrons. The van der Waals surface area contributed by atoms with Crippen molar-refractivity contribution < 1.29 is 9.59 Å². The Morgan fingerprint density at radius 2 is 1.92 bits per heavy atom. The first-order valence-corrected chi connectivity index (χ1v) is 5.92. The molecule has 0 spiro atoms. The summed E-state index contributed by atoms with van der Waals surface area (Å²) in [5, 5.41) is 0.113. The van der Waals surface area contributed by atoms with Gasteiger partial charge in [-0.05, 0) is 0 Å². The average Bonchev–Trinajstić information content (AvgIpc) is 2.19. The molecule has 6 heteroatoms. The highest BCUT2D eigenvalue weighted by Gasteiger charge is 2.23. The minimum atomic E-state index is -0.590. The highest BCUT2D eigenvalue weighted by atomic mass is 32.2. The summed E-state index contributed by atoms with van der Waals surface area (Å²) >= 11 is 3.47. The third-order valence-electron chi connectivity index (χ3n) is 1.54. The normalized spacial score (nSPS) is 23.8. The summed E-state index contributed by atoms with van der Waals surface area (Å²) in [6, 6.07) is 0. The first-order valence-electron chi connectivity index (χ1n) is 3.72. The second-order valence-electron chi connectivity index (χ2n) is 2.34. The molecule has 1 unspecified atom stereocenters. The van der Waals surface area contributed by atoms with Gasteiger partial charge in [-0.2, -0.15) is 33.5 Å². The first-order chi connectivity index (χ1) is 6.38. The molecule has 1 aliphatic rings. The molecule has 0 aromatic heterocycles. The van der Waals surface area contributed by atoms with E-state index in [1.807, 2.05) is 0 Å². The summed E-state index contributed by atoms with van der Waals surface area (Å²) in [6.07, 6.45) is 2.27. The van der Waals surface area contributed by atoms with Gasteiger partial charge in [0.15, 0.2) is 6.17 Å². The quantitative estimate of drug-likeness (QED) is 0.518. The Bertz CT molecular complexity index is 235. The molecule has 1 rings (SSSR count). The van der Waals surface area contributed by atoms with Crippen molar-refractivity contribution in [3.8, 4) is 0 Å². The predicted octanol–water partition coefficient (Wildman–Crippen LogP) is 0.833. The third-order valence-corrected chi connectivity index (χ3v) is 4.38. The van der Waals surface area contributed by atoms with Crippen LogP contribution in [-0.4, -0.2) is 40.8 Å². The van der Waals surface area contributed by atoms with E-state index in [2.05, 4.69) is 9.98 Å². The van der Waals surface area contributed by atoms with Crippen LogP contribution in [0.1, 0.15) is 0 Å². The molecule has 70 valence electrons. The van der Waals surface area contributed by atoms with Gasteiger partial charge in [0.1, 0.15) is 0 Å². The van der Waals surface area contributed by atoms with Gasteiger partial charge in [0.25, 0.3) is 0 Å². The molecule has 0 aromatic carbocycles. The number of carbonyl (C=O) groups excluding carboxylic acids is 2. The highest BCUT2D eigenvalue weighted by Crippen LogP contribution is 2.27. The fraction of sp³-hybridized carbons (Fsp3) is 0.714. The van der Waals surface area contributed by atoms with E-state index in [0.717, 1.165) is 17.3 Å². The standard InChI is InChI=1S/C7H8N2O2S2/c10-4-8-7(9-5-11)6-3-12-1-2-13-6/h6-7H,1-3H2. The van der Waals surface area contributed by atoms with Crippen LogP contribution in [0.3, 0.4) is 0 Å². The number of isocyanates is 2. The van der Waals surface area contributed by atoms with Crippen LogP contribution in [0.5, 0.6) is 0 Å². The molecule has 1 saturated heterocycles. The molecule has 0 aromatic rings. The molecule has 0 N–H and O–H groups in total. The lowest BCUT2D eigenvalue weighted by Gasteiger charge is -2.22. The van der Waals surface area contributed by atoms with E-state index >= 15 is 0 Å². The molecule has 4 nitrogen and oxygen atoms in total. The Kier molecular flexibility index (Phi) is 4.86. The van der Waals surface area contributed by atoms with E-state index in [1.165, 1.54) is 12.2 Å². The van der Waals surface area contributed by atoms with Gasteiger partial charge in [-0.25, -0.2) is 9.59 Å². The van der Waals surface area contributed by atoms with Gasteiger partial charge < -0.3 is 0 Å². The van der Waals surface area contributed by atoms with Crippen molar-refractivity contribution in [3.05, 3.63) is 0 Å². The zero-order valence-corrected chi connectivity index (χ0v) is 8.44. The molecule has 0 saturated carbocycles. The van der Waals surface area contributed by atoms with Gasteiger partial charge in [-0.3, -0.25) is 0 Å². The maximum Gasteiger partial charge on any atom is 0.237 e. The maximum atomic E-state index is 10.0. The lowest BCUT2D eigenvalue weighted by Crippen LogP contribution is -2.25. The Balaban J connectivity index is 2.61. The summed E-state index contributed by atoms with van der Waals surface area (Å²) in [5.41, 5.74) is 0. The number of hydrogen-bond donors (Lipinski definition) is 0. The minimum Gasteiger partial charge on any atom is -0.211 e. The van der Waals surface area contributed by atoms with Crippen molar-refractivity contribution in [2.45, 2.75) is 11.4 Å². The SMILES string of the molecule is O=C=NC(N=C=O)C1CSCCS1. The topological polar surface area (TPSA) is 58.9 Å². The van der Waals surface area contributed by atoms with Crippen molar-refractivity contribution in [1.29, 1.82) is 0 Å². The summed E-state index contributed by atoms with van der Waals surface area (Å²) in [4.78, 5) is 27.0. The van der Waals surface area contributed by atoms with Gasteiger partial charge in [-0.1, -0.05) is 0 Å². The fourth-order valence-corrected chi connectivity index (χ4v) is 3.68. The van der Waals surface area contributed by atoms with Crippen molar-refractivity contribution in [2.24, 2.45) is 9.98 Å². The Morgan fingerprint density at radius 3 is 2.38 bits per heavy atom. The molecule has 13 heavy (non-hydrogen) atoms. The van der Waals surface area contributed by atoms with Crippen molar-refractivity contribution >= 4 is 35.7 Å². The molecular formula is C7H8N2O2S2. The molecule has 1 aliphatic heterocycles. The van der Waals surface area contributed by atoms with Crippen LogP contribution in [-0.2, 0) is 9.59 Å². The lowest BCUT2D eigenvalue weighted by molar-refractivity contribution is 0.548. The highest BCUT2D eigenvalue weighted by molar-refractivity contribution is 8.06. The molecule has 1 atom stereocenters. The number of thioether (sulfide) groups is 2. The van der Waals surface area contributed by atoms with Gasteiger partial charge >= 0.3 is 0 Å². The van der Waals surface area contributed by atoms with Crippen LogP contribution in [0.25, 0.3) is 0 Å². The van der Waals surface area contributed by atoms with Crippen LogP contribution < -0.4 is 0 Å². The third kappa shape index (κ3) is 3.36. The minimum absolute atomic E-state index is 0.113.